The second-order valence-electron chi connectivity index (χ2n) is 8.79. The van der Waals surface area contributed by atoms with Gasteiger partial charge in [-0.1, -0.05) is 59.7 Å². The molecular weight excluding hydrogens is 441 g/mol. The Kier molecular flexibility index (Phi) is 8.05. The average Bonchev–Trinajstić information content (AvgIpc) is 3.05. The van der Waals surface area contributed by atoms with Gasteiger partial charge in [-0.3, -0.25) is 0 Å². The first kappa shape index (κ1) is 27.4. The Bertz CT molecular complexity index is 823. The molecule has 0 saturated heterocycles. The number of halogens is 6. The molecule has 1 aromatic carbocycles. The minimum absolute atomic E-state index is 0.139. The van der Waals surface area contributed by atoms with E-state index in [-0.39, 0.29) is 12.6 Å². The number of aliphatic hydroxyl groups excluding tert-OH is 1. The van der Waals surface area contributed by atoms with Crippen LogP contribution in [0.3, 0.4) is 0 Å². The van der Waals surface area contributed by atoms with Gasteiger partial charge < -0.3 is 5.11 Å². The van der Waals surface area contributed by atoms with Gasteiger partial charge in [-0.05, 0) is 24.2 Å². The first-order valence-corrected chi connectivity index (χ1v) is 12.2. The van der Waals surface area contributed by atoms with Crippen molar-refractivity contribution in [1.29, 1.82) is 0 Å². The first-order chi connectivity index (χ1) is 13.8. The number of para-hydroxylation sites is 1. The molecule has 0 bridgehead atoms. The topological polar surface area (TPSA) is 29.0 Å². The molecule has 0 unspecified atom stereocenters. The third kappa shape index (κ3) is 10.5. The predicted octanol–water partition coefficient (Wildman–Crippen LogP) is 7.97. The van der Waals surface area contributed by atoms with E-state index in [0.717, 1.165) is 6.42 Å². The molecule has 31 heavy (non-hydrogen) atoms. The van der Waals surface area contributed by atoms with Crippen LogP contribution in [0.15, 0.2) is 36.9 Å². The van der Waals surface area contributed by atoms with Gasteiger partial charge >= 0.3 is 33.0 Å². The van der Waals surface area contributed by atoms with E-state index in [4.69, 9.17) is 0 Å². The molecule has 0 amide bonds. The van der Waals surface area contributed by atoms with Crippen LogP contribution in [0.25, 0.3) is 5.69 Å². The van der Waals surface area contributed by atoms with E-state index in [9.17, 15) is 30.3 Å². The fraction of sp³-hybridized carbons (Fsp3) is 0.571. The van der Waals surface area contributed by atoms with Crippen LogP contribution in [0.5, 0.6) is 0 Å². The summed E-state index contributed by atoms with van der Waals surface area (Å²) in [5.41, 5.74) is 4.03. The van der Waals surface area contributed by atoms with Crippen molar-refractivity contribution in [1.82, 2.24) is 4.57 Å². The van der Waals surface area contributed by atoms with E-state index in [2.05, 4.69) is 87.6 Å². The second kappa shape index (κ2) is 9.10. The predicted molar refractivity (Wildman–Crippen MR) is 113 cm³/mol. The van der Waals surface area contributed by atoms with Crippen LogP contribution in [-0.4, -0.2) is 16.3 Å². The SMILES string of the molecule is CC(C)C[C@@H](CO)[n+]1ccn(-c2c(C(C)C)cccc2C(C)C)c1.F[P-](F)(F)(F)(F)F. The Morgan fingerprint density at radius 3 is 1.71 bits per heavy atom. The number of benzene rings is 1. The number of rotatable bonds is 7. The normalized spacial score (nSPS) is 15.5. The zero-order valence-corrected chi connectivity index (χ0v) is 19.6. The van der Waals surface area contributed by atoms with Crippen molar-refractivity contribution >= 4 is 7.81 Å². The molecule has 1 aromatic heterocycles. The molecule has 1 atom stereocenters. The van der Waals surface area contributed by atoms with E-state index in [1.54, 1.807) is 0 Å². The quantitative estimate of drug-likeness (QED) is 0.246. The van der Waals surface area contributed by atoms with Gasteiger partial charge in [-0.2, -0.15) is 0 Å². The first-order valence-electron chi connectivity index (χ1n) is 10.2. The van der Waals surface area contributed by atoms with Gasteiger partial charge in [-0.25, -0.2) is 9.13 Å². The van der Waals surface area contributed by atoms with E-state index >= 15 is 0 Å². The molecule has 0 spiro atoms. The van der Waals surface area contributed by atoms with Gasteiger partial charge in [0.1, 0.15) is 24.1 Å². The Labute approximate surface area is 179 Å². The number of nitrogens with zero attached hydrogens (tertiary/aromatic N) is 2. The number of hydrogen-bond acceptors (Lipinski definition) is 1. The number of aliphatic hydroxyl groups is 1. The molecule has 2 rings (SSSR count). The molecule has 0 radical (unpaired) electrons. The molecular formula is C21H33F6N2OP. The number of aromatic nitrogens is 2. The summed E-state index contributed by atoms with van der Waals surface area (Å²) in [5, 5.41) is 9.76. The zero-order chi connectivity index (χ0) is 24.3. The molecule has 3 nitrogen and oxygen atoms in total. The van der Waals surface area contributed by atoms with Gasteiger partial charge in [0.25, 0.3) is 0 Å². The summed E-state index contributed by atoms with van der Waals surface area (Å²) in [4.78, 5) is 0. The molecule has 0 fully saturated rings. The van der Waals surface area contributed by atoms with Crippen LogP contribution >= 0.6 is 7.81 Å². The maximum absolute atomic E-state index is 10.7. The van der Waals surface area contributed by atoms with Crippen molar-refractivity contribution in [3.63, 3.8) is 0 Å². The number of hydrogen-bond donors (Lipinski definition) is 1. The van der Waals surface area contributed by atoms with E-state index in [1.807, 2.05) is 0 Å². The van der Waals surface area contributed by atoms with Gasteiger partial charge in [0, 0.05) is 11.1 Å². The van der Waals surface area contributed by atoms with Crippen molar-refractivity contribution in [3.05, 3.63) is 48.0 Å². The zero-order valence-electron chi connectivity index (χ0n) is 18.7. The fourth-order valence-electron chi connectivity index (χ4n) is 3.36. The van der Waals surface area contributed by atoms with Crippen LogP contribution < -0.4 is 4.57 Å². The maximum atomic E-state index is 9.87. The van der Waals surface area contributed by atoms with Crippen molar-refractivity contribution in [2.45, 2.75) is 65.8 Å². The van der Waals surface area contributed by atoms with Gasteiger partial charge in [0.15, 0.2) is 0 Å². The molecule has 180 valence electrons. The third-order valence-electron chi connectivity index (χ3n) is 4.63. The van der Waals surface area contributed by atoms with Crippen LogP contribution in [0.1, 0.15) is 77.0 Å². The number of imidazole rings is 1. The fourth-order valence-corrected chi connectivity index (χ4v) is 3.36. The summed E-state index contributed by atoms with van der Waals surface area (Å²) < 4.78 is 63.6. The van der Waals surface area contributed by atoms with Crippen LogP contribution in [0.4, 0.5) is 25.2 Å². The summed E-state index contributed by atoms with van der Waals surface area (Å²) >= 11 is 0. The summed E-state index contributed by atoms with van der Waals surface area (Å²) in [5.74, 6) is 1.50. The Balaban J connectivity index is 0.000000592. The molecule has 10 heteroatoms. The third-order valence-corrected chi connectivity index (χ3v) is 4.63. The van der Waals surface area contributed by atoms with Gasteiger partial charge in [-0.15, -0.1) is 0 Å². The standard InChI is InChI=1S/C21H33N2O.F6P/c1-15(2)12-18(13-24)22-10-11-23(14-22)21-19(16(3)4)8-7-9-20(21)17(5)6;1-7(2,3,4,5)6/h7-11,14-18,24H,12-13H2,1-6H3;/q+1;-1/t18-;/m0./s1. The van der Waals surface area contributed by atoms with Crippen molar-refractivity contribution in [2.24, 2.45) is 5.92 Å². The summed E-state index contributed by atoms with van der Waals surface area (Å²) in [6.07, 6.45) is 7.32. The van der Waals surface area contributed by atoms with Crippen LogP contribution in [0, 0.1) is 5.92 Å². The van der Waals surface area contributed by atoms with Gasteiger partial charge in [0.2, 0.25) is 6.33 Å². The summed E-state index contributed by atoms with van der Waals surface area (Å²) in [7, 11) is -10.7. The molecule has 0 aliphatic carbocycles. The monoisotopic (exact) mass is 474 g/mol. The van der Waals surface area contributed by atoms with E-state index in [0.29, 0.717) is 17.8 Å². The molecule has 0 aliphatic heterocycles. The second-order valence-corrected chi connectivity index (χ2v) is 10.7. The molecule has 1 heterocycles. The molecule has 0 aliphatic rings. The van der Waals surface area contributed by atoms with E-state index in [1.165, 1.54) is 16.8 Å². The Morgan fingerprint density at radius 1 is 0.903 bits per heavy atom. The summed E-state index contributed by atoms with van der Waals surface area (Å²) in [6, 6.07) is 6.77. The molecule has 2 aromatic rings. The van der Waals surface area contributed by atoms with Gasteiger partial charge in [0.05, 0.1) is 6.61 Å². The van der Waals surface area contributed by atoms with Crippen molar-refractivity contribution in [3.8, 4) is 5.69 Å². The average molecular weight is 474 g/mol. The Hall–Kier alpha value is -1.60. The summed E-state index contributed by atoms with van der Waals surface area (Å²) in [6.45, 7) is 13.6. The molecule has 1 N–H and O–H groups in total. The minimum atomic E-state index is -10.7. The van der Waals surface area contributed by atoms with Crippen LogP contribution in [-0.2, 0) is 0 Å². The van der Waals surface area contributed by atoms with Crippen molar-refractivity contribution in [2.75, 3.05) is 6.61 Å². The van der Waals surface area contributed by atoms with E-state index < -0.39 is 7.81 Å². The Morgan fingerprint density at radius 2 is 1.35 bits per heavy atom. The van der Waals surface area contributed by atoms with Crippen LogP contribution in [0.2, 0.25) is 0 Å². The van der Waals surface area contributed by atoms with Crippen molar-refractivity contribution < 1.29 is 34.9 Å². The molecule has 0 saturated carbocycles.